The van der Waals surface area contributed by atoms with Crippen molar-refractivity contribution in [3.8, 4) is 22.9 Å². The molecule has 3 aliphatic rings. The lowest BCUT2D eigenvalue weighted by molar-refractivity contribution is -0.144. The van der Waals surface area contributed by atoms with Crippen LogP contribution in [0.1, 0.15) is 56.2 Å². The van der Waals surface area contributed by atoms with E-state index < -0.39 is 23.6 Å². The standard InChI is InChI=1S/C32H33F4N7O3/c1-4-23(18(2)33)31(3)45-25-7-5-6-22(27(25)46-31)19-8-11-42(12-9-19)17-26-38-24-14-20(28-39-30(41-40-28)32(34,35)36)15-37-29(24)43(26)16-21-10-13-44-21/h4-7,14-15,19,21H,1,8-13,16-17H2,2-3H3,(H,39,40,41)/b23-18-/t21-,31?/m0/s1. The van der Waals surface area contributed by atoms with E-state index in [-0.39, 0.29) is 23.4 Å². The molecule has 4 aromatic rings. The Labute approximate surface area is 262 Å². The largest absolute Gasteiger partial charge is 0.451 e. The minimum Gasteiger partial charge on any atom is -0.444 e. The summed E-state index contributed by atoms with van der Waals surface area (Å²) in [5.74, 6) is -0.711. The molecule has 14 heteroatoms. The number of rotatable bonds is 8. The molecule has 2 fully saturated rings. The summed E-state index contributed by atoms with van der Waals surface area (Å²) >= 11 is 0. The van der Waals surface area contributed by atoms with Gasteiger partial charge in [0, 0.05) is 30.9 Å². The number of nitrogens with one attached hydrogen (secondary N) is 1. The van der Waals surface area contributed by atoms with Gasteiger partial charge in [-0.1, -0.05) is 24.8 Å². The number of fused-ring (bicyclic) bond motifs is 2. The van der Waals surface area contributed by atoms with Crippen LogP contribution in [0.5, 0.6) is 11.5 Å². The number of H-pyrrole nitrogens is 1. The summed E-state index contributed by atoms with van der Waals surface area (Å²) in [7, 11) is 0. The van der Waals surface area contributed by atoms with Crippen LogP contribution in [-0.2, 0) is 24.0 Å². The number of allylic oxidation sites excluding steroid dienone is 1. The Morgan fingerprint density at radius 1 is 1.17 bits per heavy atom. The minimum absolute atomic E-state index is 0.0522. The van der Waals surface area contributed by atoms with Crippen LogP contribution < -0.4 is 9.47 Å². The van der Waals surface area contributed by atoms with E-state index in [0.717, 1.165) is 43.7 Å². The van der Waals surface area contributed by atoms with Crippen molar-refractivity contribution in [3.05, 3.63) is 71.7 Å². The maximum atomic E-state index is 14.3. The number of halogens is 4. The molecule has 0 bridgehead atoms. The van der Waals surface area contributed by atoms with Gasteiger partial charge in [0.15, 0.2) is 23.0 Å². The molecule has 1 unspecified atom stereocenters. The van der Waals surface area contributed by atoms with E-state index in [2.05, 4.69) is 26.5 Å². The first kappa shape index (κ1) is 30.4. The zero-order valence-corrected chi connectivity index (χ0v) is 25.4. The van der Waals surface area contributed by atoms with E-state index in [4.69, 9.17) is 19.2 Å². The Morgan fingerprint density at radius 2 is 1.96 bits per heavy atom. The van der Waals surface area contributed by atoms with Gasteiger partial charge >= 0.3 is 6.18 Å². The quantitative estimate of drug-likeness (QED) is 0.177. The third-order valence-electron chi connectivity index (χ3n) is 8.92. The number of aromatic nitrogens is 6. The predicted octanol–water partition coefficient (Wildman–Crippen LogP) is 6.32. The molecule has 0 spiro atoms. The first-order valence-electron chi connectivity index (χ1n) is 15.2. The van der Waals surface area contributed by atoms with E-state index in [1.807, 2.05) is 27.9 Å². The summed E-state index contributed by atoms with van der Waals surface area (Å²) in [5, 5.41) is 5.69. The highest BCUT2D eigenvalue weighted by atomic mass is 19.4. The molecule has 0 radical (unpaired) electrons. The van der Waals surface area contributed by atoms with Crippen LogP contribution in [0.3, 0.4) is 0 Å². The highest BCUT2D eigenvalue weighted by molar-refractivity contribution is 5.77. The number of benzene rings is 1. The Balaban J connectivity index is 1.09. The van der Waals surface area contributed by atoms with Gasteiger partial charge in [-0.05, 0) is 57.3 Å². The van der Waals surface area contributed by atoms with Crippen LogP contribution in [-0.4, -0.2) is 66.2 Å². The second-order valence-corrected chi connectivity index (χ2v) is 12.0. The third-order valence-corrected chi connectivity index (χ3v) is 8.92. The smallest absolute Gasteiger partial charge is 0.444 e. The number of aromatic amines is 1. The summed E-state index contributed by atoms with van der Waals surface area (Å²) in [4.78, 5) is 15.4. The molecule has 242 valence electrons. The second kappa shape index (κ2) is 11.5. The third kappa shape index (κ3) is 5.53. The normalized spacial score (nSPS) is 22.6. The van der Waals surface area contributed by atoms with Crippen LogP contribution in [0.25, 0.3) is 22.6 Å². The summed E-state index contributed by atoms with van der Waals surface area (Å²) in [6.07, 6.45) is 0.984. The first-order chi connectivity index (χ1) is 22.0. The maximum Gasteiger partial charge on any atom is 0.451 e. The summed E-state index contributed by atoms with van der Waals surface area (Å²) < 4.78 is 73.6. The number of ether oxygens (including phenoxy) is 3. The van der Waals surface area contributed by atoms with Crippen molar-refractivity contribution in [2.45, 2.75) is 70.2 Å². The van der Waals surface area contributed by atoms with E-state index in [1.54, 1.807) is 13.0 Å². The molecule has 3 aromatic heterocycles. The highest BCUT2D eigenvalue weighted by Crippen LogP contribution is 2.49. The zero-order valence-electron chi connectivity index (χ0n) is 25.4. The number of likely N-dealkylation sites (tertiary alicyclic amines) is 1. The van der Waals surface area contributed by atoms with Gasteiger partial charge in [-0.25, -0.2) is 19.3 Å². The summed E-state index contributed by atoms with van der Waals surface area (Å²) in [5.41, 5.74) is 2.82. The van der Waals surface area contributed by atoms with Gasteiger partial charge in [-0.2, -0.15) is 18.3 Å². The van der Waals surface area contributed by atoms with Crippen LogP contribution >= 0.6 is 0 Å². The lowest BCUT2D eigenvalue weighted by Gasteiger charge is -2.33. The number of imidazole rings is 1. The molecule has 3 aliphatic heterocycles. The van der Waals surface area contributed by atoms with Crippen LogP contribution in [0.4, 0.5) is 17.6 Å². The molecule has 0 amide bonds. The number of piperidine rings is 1. The van der Waals surface area contributed by atoms with E-state index in [1.165, 1.54) is 19.2 Å². The van der Waals surface area contributed by atoms with Crippen molar-refractivity contribution < 1.29 is 31.8 Å². The second-order valence-electron chi connectivity index (χ2n) is 12.0. The fourth-order valence-electron chi connectivity index (χ4n) is 6.46. The fraction of sp³-hybridized carbons (Fsp3) is 0.438. The molecule has 1 N–H and O–H groups in total. The van der Waals surface area contributed by atoms with Gasteiger partial charge in [0.05, 0.1) is 24.8 Å². The molecule has 10 nitrogen and oxygen atoms in total. The van der Waals surface area contributed by atoms with Gasteiger partial charge in [-0.15, -0.1) is 0 Å². The number of para-hydroxylation sites is 1. The molecular formula is C32H33F4N7O3. The van der Waals surface area contributed by atoms with Crippen LogP contribution in [0, 0.1) is 0 Å². The van der Waals surface area contributed by atoms with Crippen molar-refractivity contribution >= 4 is 11.2 Å². The number of alkyl halides is 3. The fourth-order valence-corrected chi connectivity index (χ4v) is 6.46. The number of hydrogen-bond donors (Lipinski definition) is 1. The SMILES string of the molecule is C=C/C(=C(\C)F)C1(C)Oc2cccc(C3CCN(Cc4nc5cc(-c6n[nH]c(C(F)(F)F)n6)cnc5n4C[C@@H]4CCO4)CC3)c2O1. The van der Waals surface area contributed by atoms with Crippen molar-refractivity contribution in [2.24, 2.45) is 0 Å². The summed E-state index contributed by atoms with van der Waals surface area (Å²) in [6.45, 7) is 10.2. The van der Waals surface area contributed by atoms with Gasteiger partial charge in [0.2, 0.25) is 5.82 Å². The summed E-state index contributed by atoms with van der Waals surface area (Å²) in [6, 6.07) is 7.48. The minimum atomic E-state index is -4.63. The van der Waals surface area contributed by atoms with Crippen molar-refractivity contribution in [2.75, 3.05) is 19.7 Å². The Hall–Kier alpha value is -4.30. The monoisotopic (exact) mass is 639 g/mol. The predicted molar refractivity (Wildman–Crippen MR) is 160 cm³/mol. The molecule has 6 heterocycles. The van der Waals surface area contributed by atoms with Gasteiger partial charge < -0.3 is 18.8 Å². The van der Waals surface area contributed by atoms with E-state index >= 15 is 0 Å². The van der Waals surface area contributed by atoms with Crippen LogP contribution in [0.2, 0.25) is 0 Å². The number of hydrogen-bond acceptors (Lipinski definition) is 8. The Morgan fingerprint density at radius 3 is 2.61 bits per heavy atom. The van der Waals surface area contributed by atoms with Gasteiger partial charge in [-0.3, -0.25) is 10.00 Å². The Kier molecular flexibility index (Phi) is 7.59. The van der Waals surface area contributed by atoms with Crippen molar-refractivity contribution in [1.82, 2.24) is 34.6 Å². The molecule has 46 heavy (non-hydrogen) atoms. The average Bonchev–Trinajstić information content (AvgIpc) is 3.70. The number of nitrogens with zero attached hydrogens (tertiary/aromatic N) is 6. The molecular weight excluding hydrogens is 606 g/mol. The topological polar surface area (TPSA) is 103 Å². The molecule has 0 aliphatic carbocycles. The average molecular weight is 640 g/mol. The molecule has 2 atom stereocenters. The van der Waals surface area contributed by atoms with Crippen LogP contribution in [0.15, 0.2) is 54.5 Å². The maximum absolute atomic E-state index is 14.3. The first-order valence-corrected chi connectivity index (χ1v) is 15.2. The van der Waals surface area contributed by atoms with Crippen molar-refractivity contribution in [1.29, 1.82) is 0 Å². The lowest BCUT2D eigenvalue weighted by atomic mass is 9.88. The number of pyridine rings is 1. The lowest BCUT2D eigenvalue weighted by Crippen LogP contribution is -2.37. The van der Waals surface area contributed by atoms with Crippen molar-refractivity contribution in [3.63, 3.8) is 0 Å². The molecule has 0 saturated carbocycles. The Bertz CT molecular complexity index is 1820. The van der Waals surface area contributed by atoms with E-state index in [0.29, 0.717) is 47.9 Å². The highest BCUT2D eigenvalue weighted by Gasteiger charge is 2.43. The molecule has 7 rings (SSSR count). The van der Waals surface area contributed by atoms with Gasteiger partial charge in [0.25, 0.3) is 5.79 Å². The zero-order chi connectivity index (χ0) is 32.2. The molecule has 1 aromatic carbocycles. The van der Waals surface area contributed by atoms with E-state index in [9.17, 15) is 17.6 Å². The van der Waals surface area contributed by atoms with Gasteiger partial charge in [0.1, 0.15) is 17.2 Å². The molecule has 2 saturated heterocycles.